The Morgan fingerprint density at radius 1 is 1.48 bits per heavy atom. The Kier molecular flexibility index (Phi) is 5.34. The van der Waals surface area contributed by atoms with E-state index < -0.39 is 11.8 Å². The van der Waals surface area contributed by atoms with Gasteiger partial charge in [0.25, 0.3) is 5.91 Å². The van der Waals surface area contributed by atoms with E-state index >= 15 is 0 Å². The Morgan fingerprint density at radius 2 is 2.26 bits per heavy atom. The molecule has 11 heteroatoms. The number of aromatic nitrogens is 2. The van der Waals surface area contributed by atoms with Crippen LogP contribution in [0.4, 0.5) is 14.9 Å². The molecule has 31 heavy (non-hydrogen) atoms. The second kappa shape index (κ2) is 7.98. The van der Waals surface area contributed by atoms with Crippen LogP contribution in [0, 0.1) is 17.1 Å². The number of hydrogen-bond donors (Lipinski definition) is 2. The fourth-order valence-electron chi connectivity index (χ4n) is 3.89. The van der Waals surface area contributed by atoms with Crippen LogP contribution in [0.25, 0.3) is 0 Å². The summed E-state index contributed by atoms with van der Waals surface area (Å²) in [4.78, 5) is 33.0. The van der Waals surface area contributed by atoms with Crippen LogP contribution in [-0.4, -0.2) is 57.4 Å². The zero-order valence-electron chi connectivity index (χ0n) is 17.1. The van der Waals surface area contributed by atoms with E-state index in [1.807, 2.05) is 6.92 Å². The number of nitrogens with one attached hydrogen (secondary N) is 1. The summed E-state index contributed by atoms with van der Waals surface area (Å²) >= 11 is 0. The molecule has 10 nitrogen and oxygen atoms in total. The SMILES string of the molecule is C[C@@H]1Cc2nn3c(c2CN1C(=O)Nc1ccc(F)c(C#N)c1)C(=O)N(C)O[C@H](CN)C3. The Balaban J connectivity index is 1.61. The number of hydrogen-bond acceptors (Lipinski definition) is 6. The third-order valence-electron chi connectivity index (χ3n) is 5.52. The van der Waals surface area contributed by atoms with Gasteiger partial charge in [0.1, 0.15) is 23.7 Å². The second-order valence-corrected chi connectivity index (χ2v) is 7.64. The molecule has 2 aromatic rings. The summed E-state index contributed by atoms with van der Waals surface area (Å²) in [6.45, 7) is 2.63. The summed E-state index contributed by atoms with van der Waals surface area (Å²) in [6.07, 6.45) is 0.0852. The number of carbonyl (C=O) groups excluding carboxylic acids is 2. The molecule has 162 valence electrons. The Hall–Kier alpha value is -3.49. The molecule has 2 atom stereocenters. The van der Waals surface area contributed by atoms with Crippen molar-refractivity contribution < 1.29 is 18.8 Å². The van der Waals surface area contributed by atoms with E-state index in [0.29, 0.717) is 29.9 Å². The number of rotatable bonds is 2. The third-order valence-corrected chi connectivity index (χ3v) is 5.52. The fourth-order valence-corrected chi connectivity index (χ4v) is 3.89. The molecule has 1 aromatic heterocycles. The molecular weight excluding hydrogens is 405 g/mol. The average molecular weight is 427 g/mol. The molecule has 0 saturated heterocycles. The van der Waals surface area contributed by atoms with Gasteiger partial charge in [-0.05, 0) is 25.1 Å². The molecule has 0 fully saturated rings. The molecule has 3 heterocycles. The summed E-state index contributed by atoms with van der Waals surface area (Å²) in [7, 11) is 1.53. The molecular formula is C20H22FN7O3. The van der Waals surface area contributed by atoms with Gasteiger partial charge < -0.3 is 16.0 Å². The maximum Gasteiger partial charge on any atom is 0.322 e. The van der Waals surface area contributed by atoms with Crippen molar-refractivity contribution in [1.29, 1.82) is 5.26 Å². The summed E-state index contributed by atoms with van der Waals surface area (Å²) in [5, 5.41) is 17.4. The maximum absolute atomic E-state index is 13.6. The Bertz CT molecular complexity index is 1090. The summed E-state index contributed by atoms with van der Waals surface area (Å²) < 4.78 is 15.2. The van der Waals surface area contributed by atoms with E-state index in [0.717, 1.165) is 16.8 Å². The first-order valence-electron chi connectivity index (χ1n) is 9.83. The number of nitrogens with zero attached hydrogens (tertiary/aromatic N) is 5. The van der Waals surface area contributed by atoms with Crippen molar-refractivity contribution >= 4 is 17.6 Å². The highest BCUT2D eigenvalue weighted by atomic mass is 19.1. The van der Waals surface area contributed by atoms with E-state index in [1.54, 1.807) is 15.7 Å². The topological polar surface area (TPSA) is 130 Å². The van der Waals surface area contributed by atoms with Crippen LogP contribution in [0.15, 0.2) is 18.2 Å². The molecule has 4 rings (SSSR count). The molecule has 0 aliphatic carbocycles. The number of benzene rings is 1. The van der Waals surface area contributed by atoms with Gasteiger partial charge in [0.15, 0.2) is 0 Å². The number of nitriles is 1. The van der Waals surface area contributed by atoms with Crippen LogP contribution in [0.2, 0.25) is 0 Å². The van der Waals surface area contributed by atoms with E-state index in [1.165, 1.54) is 19.2 Å². The molecule has 0 bridgehead atoms. The lowest BCUT2D eigenvalue weighted by Gasteiger charge is -2.33. The van der Waals surface area contributed by atoms with Crippen molar-refractivity contribution in [3.63, 3.8) is 0 Å². The summed E-state index contributed by atoms with van der Waals surface area (Å²) in [5.74, 6) is -1.00. The van der Waals surface area contributed by atoms with Crippen LogP contribution in [-0.2, 0) is 24.3 Å². The highest BCUT2D eigenvalue weighted by Gasteiger charge is 2.37. The number of anilines is 1. The second-order valence-electron chi connectivity index (χ2n) is 7.64. The van der Waals surface area contributed by atoms with E-state index in [2.05, 4.69) is 10.4 Å². The van der Waals surface area contributed by atoms with Crippen molar-refractivity contribution in [3.8, 4) is 6.07 Å². The number of carbonyl (C=O) groups is 2. The number of urea groups is 1. The highest BCUT2D eigenvalue weighted by Crippen LogP contribution is 2.29. The maximum atomic E-state index is 13.6. The first kappa shape index (κ1) is 20.8. The Labute approximate surface area is 177 Å². The number of fused-ring (bicyclic) bond motifs is 3. The van der Waals surface area contributed by atoms with Crippen molar-refractivity contribution in [1.82, 2.24) is 19.7 Å². The molecule has 3 amide bonds. The standard InChI is InChI=1S/C20H22FN7O3/c1-11-5-17-15(18-19(29)26(2)31-14(8-23)9-28(18)25-17)10-27(11)20(30)24-13-3-4-16(21)12(6-13)7-22/h3-4,6,11,14H,5,8-10,23H2,1-2H3,(H,24,30)/t11-,14-/m1/s1. The molecule has 3 N–H and O–H groups in total. The van der Waals surface area contributed by atoms with Crippen LogP contribution in [0.3, 0.4) is 0 Å². The fraction of sp³-hybridized carbons (Fsp3) is 0.400. The zero-order valence-corrected chi connectivity index (χ0v) is 17.1. The van der Waals surface area contributed by atoms with Gasteiger partial charge in [-0.2, -0.15) is 10.4 Å². The van der Waals surface area contributed by atoms with E-state index in [-0.39, 0.29) is 36.7 Å². The number of hydroxylamine groups is 2. The minimum absolute atomic E-state index is 0.156. The van der Waals surface area contributed by atoms with Crippen LogP contribution >= 0.6 is 0 Å². The normalized spacial score (nSPS) is 20.5. The van der Waals surface area contributed by atoms with Gasteiger partial charge in [-0.25, -0.2) is 14.2 Å². The van der Waals surface area contributed by atoms with Gasteiger partial charge in [0, 0.05) is 37.3 Å². The van der Waals surface area contributed by atoms with E-state index in [4.69, 9.17) is 15.8 Å². The van der Waals surface area contributed by atoms with Crippen molar-refractivity contribution in [2.75, 3.05) is 18.9 Å². The highest BCUT2D eigenvalue weighted by molar-refractivity contribution is 5.94. The lowest BCUT2D eigenvalue weighted by molar-refractivity contribution is -0.144. The summed E-state index contributed by atoms with van der Waals surface area (Å²) in [5.41, 5.74) is 7.71. The van der Waals surface area contributed by atoms with Crippen LogP contribution in [0.1, 0.15) is 34.2 Å². The zero-order chi connectivity index (χ0) is 22.3. The van der Waals surface area contributed by atoms with Crippen LogP contribution < -0.4 is 11.1 Å². The quantitative estimate of drug-likeness (QED) is 0.741. The van der Waals surface area contributed by atoms with Gasteiger partial charge in [-0.3, -0.25) is 14.3 Å². The molecule has 0 radical (unpaired) electrons. The van der Waals surface area contributed by atoms with E-state index in [9.17, 15) is 14.0 Å². The molecule has 2 aliphatic rings. The minimum Gasteiger partial charge on any atom is -0.328 e. The number of amides is 3. The van der Waals surface area contributed by atoms with Crippen LogP contribution in [0.5, 0.6) is 0 Å². The third kappa shape index (κ3) is 3.71. The monoisotopic (exact) mass is 427 g/mol. The predicted octanol–water partition coefficient (Wildman–Crippen LogP) is 1.22. The molecule has 1 aromatic carbocycles. The average Bonchev–Trinajstić information content (AvgIpc) is 3.03. The first-order chi connectivity index (χ1) is 14.8. The lowest BCUT2D eigenvalue weighted by Crippen LogP contribution is -2.45. The van der Waals surface area contributed by atoms with Crippen molar-refractivity contribution in [2.24, 2.45) is 5.73 Å². The number of halogens is 1. The van der Waals surface area contributed by atoms with Gasteiger partial charge in [0.2, 0.25) is 0 Å². The number of nitrogens with two attached hydrogens (primary N) is 1. The Morgan fingerprint density at radius 3 is 2.97 bits per heavy atom. The van der Waals surface area contributed by atoms with Crippen molar-refractivity contribution in [3.05, 3.63) is 46.5 Å². The molecule has 0 saturated carbocycles. The van der Waals surface area contributed by atoms with Gasteiger partial charge in [0.05, 0.1) is 24.3 Å². The van der Waals surface area contributed by atoms with Gasteiger partial charge >= 0.3 is 6.03 Å². The largest absolute Gasteiger partial charge is 0.328 e. The lowest BCUT2D eigenvalue weighted by atomic mass is 9.99. The predicted molar refractivity (Wildman–Crippen MR) is 107 cm³/mol. The summed E-state index contributed by atoms with van der Waals surface area (Å²) in [6, 6.07) is 4.95. The van der Waals surface area contributed by atoms with Gasteiger partial charge in [-0.1, -0.05) is 0 Å². The van der Waals surface area contributed by atoms with Gasteiger partial charge in [-0.15, -0.1) is 0 Å². The smallest absolute Gasteiger partial charge is 0.322 e. The molecule has 0 unspecified atom stereocenters. The molecule has 2 aliphatic heterocycles. The first-order valence-corrected chi connectivity index (χ1v) is 9.83. The van der Waals surface area contributed by atoms with Crippen molar-refractivity contribution in [2.45, 2.75) is 38.6 Å². The minimum atomic E-state index is -0.653. The molecule has 0 spiro atoms.